The Hall–Kier alpha value is -1.40. The van der Waals surface area contributed by atoms with Crippen LogP contribution in [0.3, 0.4) is 0 Å². The Morgan fingerprint density at radius 3 is 2.57 bits per heavy atom. The number of nitrogens with one attached hydrogen (secondary N) is 2. The van der Waals surface area contributed by atoms with Crippen LogP contribution in [0.4, 0.5) is 8.78 Å². The molecule has 0 fully saturated rings. The van der Waals surface area contributed by atoms with Crippen molar-refractivity contribution in [1.29, 1.82) is 0 Å². The van der Waals surface area contributed by atoms with Gasteiger partial charge in [0.15, 0.2) is 17.7 Å². The maximum Gasteiger partial charge on any atom is 0.260 e. The van der Waals surface area contributed by atoms with Crippen LogP contribution in [0, 0.1) is 11.6 Å². The molecule has 1 amide bonds. The maximum absolute atomic E-state index is 13.0. The molecule has 0 aliphatic rings. The summed E-state index contributed by atoms with van der Waals surface area (Å²) in [7, 11) is 0. The summed E-state index contributed by atoms with van der Waals surface area (Å²) < 4.78 is 31.0. The molecule has 0 aliphatic carbocycles. The van der Waals surface area contributed by atoms with Gasteiger partial charge >= 0.3 is 0 Å². The van der Waals surface area contributed by atoms with Gasteiger partial charge < -0.3 is 15.4 Å². The summed E-state index contributed by atoms with van der Waals surface area (Å²) in [6, 6.07) is 3.16. The van der Waals surface area contributed by atoms with Crippen molar-refractivity contribution in [3.8, 4) is 5.75 Å². The van der Waals surface area contributed by atoms with Gasteiger partial charge in [-0.05, 0) is 32.0 Å². The van der Waals surface area contributed by atoms with Crippen molar-refractivity contribution in [2.24, 2.45) is 0 Å². The van der Waals surface area contributed by atoms with Crippen LogP contribution in [0.5, 0.6) is 5.75 Å². The highest BCUT2D eigenvalue weighted by Gasteiger charge is 2.14. The smallest absolute Gasteiger partial charge is 0.260 e. The molecule has 2 N–H and O–H groups in total. The van der Waals surface area contributed by atoms with Crippen molar-refractivity contribution in [1.82, 2.24) is 10.6 Å². The predicted octanol–water partition coefficient (Wildman–Crippen LogP) is 2.27. The Morgan fingerprint density at radius 1 is 1.24 bits per heavy atom. The number of ether oxygens (including phenoxy) is 1. The Morgan fingerprint density at radius 2 is 1.95 bits per heavy atom. The van der Waals surface area contributed by atoms with Crippen LogP contribution in [-0.2, 0) is 4.79 Å². The van der Waals surface area contributed by atoms with E-state index in [-0.39, 0.29) is 24.1 Å². The van der Waals surface area contributed by atoms with E-state index in [0.717, 1.165) is 25.1 Å². The average Bonchev–Trinajstić information content (AvgIpc) is 2.42. The number of amides is 1. The summed E-state index contributed by atoms with van der Waals surface area (Å²) in [4.78, 5) is 11.7. The second-order valence-electron chi connectivity index (χ2n) is 4.38. The normalized spacial score (nSPS) is 11.4. The molecule has 0 heterocycles. The molecule has 1 unspecified atom stereocenters. The SMILES string of the molecule is CCCNCCNC(=O)C(C)Oc1ccc(F)c(F)c1.Cl. The third kappa shape index (κ3) is 7.24. The van der Waals surface area contributed by atoms with Crippen molar-refractivity contribution in [3.05, 3.63) is 29.8 Å². The average molecular weight is 323 g/mol. The van der Waals surface area contributed by atoms with Crippen LogP contribution < -0.4 is 15.4 Å². The molecule has 0 spiro atoms. The van der Waals surface area contributed by atoms with Crippen molar-refractivity contribution >= 4 is 18.3 Å². The number of hydrogen-bond donors (Lipinski definition) is 2. The number of carbonyl (C=O) groups excluding carboxylic acids is 1. The van der Waals surface area contributed by atoms with E-state index in [2.05, 4.69) is 17.6 Å². The van der Waals surface area contributed by atoms with Gasteiger partial charge in [0.2, 0.25) is 0 Å². The Bertz CT molecular complexity index is 447. The number of hydrogen-bond acceptors (Lipinski definition) is 3. The van der Waals surface area contributed by atoms with Crippen LogP contribution in [0.1, 0.15) is 20.3 Å². The molecule has 0 bridgehead atoms. The van der Waals surface area contributed by atoms with Crippen molar-refractivity contribution in [2.45, 2.75) is 26.4 Å². The largest absolute Gasteiger partial charge is 0.481 e. The molecule has 7 heteroatoms. The molecule has 0 radical (unpaired) electrons. The first-order valence-corrected chi connectivity index (χ1v) is 6.64. The van der Waals surface area contributed by atoms with Crippen molar-refractivity contribution in [2.75, 3.05) is 19.6 Å². The second kappa shape index (κ2) is 10.3. The van der Waals surface area contributed by atoms with Gasteiger partial charge in [0, 0.05) is 19.2 Å². The van der Waals surface area contributed by atoms with E-state index in [9.17, 15) is 13.6 Å². The maximum atomic E-state index is 13.0. The Labute approximate surface area is 129 Å². The highest BCUT2D eigenvalue weighted by atomic mass is 35.5. The molecule has 1 aromatic carbocycles. The first kappa shape index (κ1) is 19.6. The highest BCUT2D eigenvalue weighted by molar-refractivity contribution is 5.85. The third-order valence-electron chi connectivity index (χ3n) is 2.60. The minimum Gasteiger partial charge on any atom is -0.481 e. The fraction of sp³-hybridized carbons (Fsp3) is 0.500. The fourth-order valence-corrected chi connectivity index (χ4v) is 1.53. The molecule has 1 aromatic rings. The van der Waals surface area contributed by atoms with Crippen molar-refractivity contribution < 1.29 is 18.3 Å². The highest BCUT2D eigenvalue weighted by Crippen LogP contribution is 2.16. The molecule has 0 aliphatic heterocycles. The zero-order chi connectivity index (χ0) is 15.0. The molecule has 120 valence electrons. The van der Waals surface area contributed by atoms with E-state index in [1.807, 2.05) is 0 Å². The lowest BCUT2D eigenvalue weighted by atomic mass is 10.3. The van der Waals surface area contributed by atoms with Gasteiger partial charge in [0.1, 0.15) is 5.75 Å². The zero-order valence-electron chi connectivity index (χ0n) is 12.1. The van der Waals surface area contributed by atoms with Gasteiger partial charge in [-0.15, -0.1) is 12.4 Å². The summed E-state index contributed by atoms with van der Waals surface area (Å²) in [6.07, 6.45) is 0.259. The van der Waals surface area contributed by atoms with E-state index < -0.39 is 17.7 Å². The fourth-order valence-electron chi connectivity index (χ4n) is 1.53. The molecule has 1 atom stereocenters. The molecule has 0 aromatic heterocycles. The quantitative estimate of drug-likeness (QED) is 0.722. The van der Waals surface area contributed by atoms with Gasteiger partial charge in [0.25, 0.3) is 5.91 Å². The lowest BCUT2D eigenvalue weighted by Gasteiger charge is -2.15. The van der Waals surface area contributed by atoms with Gasteiger partial charge in [-0.25, -0.2) is 8.78 Å². The summed E-state index contributed by atoms with van der Waals surface area (Å²) >= 11 is 0. The summed E-state index contributed by atoms with van der Waals surface area (Å²) in [5.74, 6) is -2.13. The lowest BCUT2D eigenvalue weighted by molar-refractivity contribution is -0.127. The molecule has 0 saturated carbocycles. The Balaban J connectivity index is 0.00000400. The van der Waals surface area contributed by atoms with Gasteiger partial charge in [-0.3, -0.25) is 4.79 Å². The number of benzene rings is 1. The summed E-state index contributed by atoms with van der Waals surface area (Å²) in [5.41, 5.74) is 0. The monoisotopic (exact) mass is 322 g/mol. The zero-order valence-corrected chi connectivity index (χ0v) is 12.9. The van der Waals surface area contributed by atoms with Gasteiger partial charge in [0.05, 0.1) is 0 Å². The van der Waals surface area contributed by atoms with Crippen LogP contribution in [0.25, 0.3) is 0 Å². The third-order valence-corrected chi connectivity index (χ3v) is 2.60. The molecule has 21 heavy (non-hydrogen) atoms. The molecular formula is C14H21ClF2N2O2. The number of carbonyl (C=O) groups is 1. The van der Waals surface area contributed by atoms with Gasteiger partial charge in [-0.1, -0.05) is 6.92 Å². The topological polar surface area (TPSA) is 50.4 Å². The van der Waals surface area contributed by atoms with E-state index in [0.29, 0.717) is 13.1 Å². The lowest BCUT2D eigenvalue weighted by Crippen LogP contribution is -2.39. The van der Waals surface area contributed by atoms with Crippen LogP contribution in [0.15, 0.2) is 18.2 Å². The van der Waals surface area contributed by atoms with Crippen molar-refractivity contribution in [3.63, 3.8) is 0 Å². The van der Waals surface area contributed by atoms with Gasteiger partial charge in [-0.2, -0.15) is 0 Å². The number of halogens is 3. The van der Waals surface area contributed by atoms with Crippen LogP contribution in [-0.4, -0.2) is 31.6 Å². The van der Waals surface area contributed by atoms with E-state index >= 15 is 0 Å². The first-order chi connectivity index (χ1) is 9.54. The predicted molar refractivity (Wildman–Crippen MR) is 79.9 cm³/mol. The minimum atomic E-state index is -1.00. The van der Waals surface area contributed by atoms with E-state index in [1.165, 1.54) is 6.07 Å². The Kier molecular flexibility index (Phi) is 9.65. The van der Waals surface area contributed by atoms with E-state index in [1.54, 1.807) is 6.92 Å². The molecule has 1 rings (SSSR count). The molecule has 0 saturated heterocycles. The van der Waals surface area contributed by atoms with Crippen LogP contribution >= 0.6 is 12.4 Å². The second-order valence-corrected chi connectivity index (χ2v) is 4.38. The number of rotatable bonds is 8. The standard InChI is InChI=1S/C14H20F2N2O2.ClH/c1-3-6-17-7-8-18-14(19)10(2)20-11-4-5-12(15)13(16)9-11;/h4-5,9-10,17H,3,6-8H2,1-2H3,(H,18,19);1H. The minimum absolute atomic E-state index is 0. The summed E-state index contributed by atoms with van der Waals surface area (Å²) in [6.45, 7) is 5.68. The van der Waals surface area contributed by atoms with E-state index in [4.69, 9.17) is 4.74 Å². The molecular weight excluding hydrogens is 302 g/mol. The molecule has 4 nitrogen and oxygen atoms in total. The summed E-state index contributed by atoms with van der Waals surface area (Å²) in [5, 5.41) is 5.84. The van der Waals surface area contributed by atoms with Crippen LogP contribution in [0.2, 0.25) is 0 Å². The first-order valence-electron chi connectivity index (χ1n) is 6.64.